The van der Waals surface area contributed by atoms with Gasteiger partial charge in [-0.2, -0.15) is 0 Å². The van der Waals surface area contributed by atoms with Crippen molar-refractivity contribution in [1.29, 1.82) is 0 Å². The Bertz CT molecular complexity index is 1430. The highest BCUT2D eigenvalue weighted by Gasteiger charge is 2.46. The van der Waals surface area contributed by atoms with Gasteiger partial charge in [-0.25, -0.2) is 0 Å². The lowest BCUT2D eigenvalue weighted by atomic mass is 9.84. The molecule has 4 atom stereocenters. The number of aliphatic hydroxyl groups is 1. The van der Waals surface area contributed by atoms with Gasteiger partial charge < -0.3 is 39.4 Å². The minimum atomic E-state index is -0.579. The third-order valence-corrected chi connectivity index (χ3v) is 7.47. The molecule has 0 bridgehead atoms. The van der Waals surface area contributed by atoms with Gasteiger partial charge in [-0.3, -0.25) is 9.59 Å². The summed E-state index contributed by atoms with van der Waals surface area (Å²) in [5.74, 6) is 2.00. The minimum absolute atomic E-state index is 0.102. The number of hydrogen-bond acceptors (Lipinski definition) is 8. The first kappa shape index (κ1) is 26.0. The number of hydrogen-bond donors (Lipinski definition) is 3. The fraction of sp³-hybridized carbons (Fsp3) is 0.333. The van der Waals surface area contributed by atoms with E-state index in [0.717, 1.165) is 11.1 Å². The van der Waals surface area contributed by atoms with Crippen molar-refractivity contribution in [3.05, 3.63) is 77.4 Å². The van der Waals surface area contributed by atoms with E-state index < -0.39 is 12.2 Å². The Kier molecular flexibility index (Phi) is 7.19. The van der Waals surface area contributed by atoms with Crippen LogP contribution in [-0.4, -0.2) is 55.7 Å². The van der Waals surface area contributed by atoms with Crippen LogP contribution in [0.5, 0.6) is 23.0 Å². The molecule has 0 saturated carbocycles. The Morgan fingerprint density at radius 1 is 1.02 bits per heavy atom. The second-order valence-corrected chi connectivity index (χ2v) is 9.97. The summed E-state index contributed by atoms with van der Waals surface area (Å²) in [5, 5.41) is 15.9. The van der Waals surface area contributed by atoms with Crippen LogP contribution in [0.15, 0.2) is 60.7 Å². The normalized spacial score (nSPS) is 22.1. The first-order valence-electron chi connectivity index (χ1n) is 13.2. The summed E-state index contributed by atoms with van der Waals surface area (Å²) in [5.41, 5.74) is 2.85. The number of carbonyl (C=O) groups excluding carboxylic acids is 2. The third-order valence-electron chi connectivity index (χ3n) is 7.47. The van der Waals surface area contributed by atoms with E-state index in [1.807, 2.05) is 36.4 Å². The van der Waals surface area contributed by atoms with Crippen LogP contribution in [0.3, 0.4) is 0 Å². The highest BCUT2D eigenvalue weighted by atomic mass is 16.7. The van der Waals surface area contributed by atoms with E-state index in [0.29, 0.717) is 47.2 Å². The zero-order chi connectivity index (χ0) is 27.6. The van der Waals surface area contributed by atoms with Crippen LogP contribution in [-0.2, 0) is 16.1 Å². The second-order valence-electron chi connectivity index (χ2n) is 9.97. The molecule has 0 aromatic heterocycles. The van der Waals surface area contributed by atoms with Crippen LogP contribution < -0.4 is 29.6 Å². The topological polar surface area (TPSA) is 125 Å². The first-order chi connectivity index (χ1) is 19.5. The van der Waals surface area contributed by atoms with E-state index in [9.17, 15) is 14.7 Å². The molecule has 3 N–H and O–H groups in total. The molecule has 2 amide bonds. The van der Waals surface area contributed by atoms with E-state index in [1.54, 1.807) is 31.4 Å². The van der Waals surface area contributed by atoms with E-state index >= 15 is 0 Å². The number of aliphatic hydroxyl groups excluding tert-OH is 1. The van der Waals surface area contributed by atoms with E-state index in [2.05, 4.69) is 10.6 Å². The Morgan fingerprint density at radius 2 is 1.85 bits per heavy atom. The Labute approximate surface area is 231 Å². The summed E-state index contributed by atoms with van der Waals surface area (Å²) >= 11 is 0. The molecule has 0 unspecified atom stereocenters. The molecular formula is C30H30N2O8. The van der Waals surface area contributed by atoms with Gasteiger partial charge in [0.25, 0.3) is 5.91 Å². The van der Waals surface area contributed by atoms with Gasteiger partial charge in [0.15, 0.2) is 11.5 Å². The molecule has 6 rings (SSSR count). The van der Waals surface area contributed by atoms with Crippen molar-refractivity contribution in [3.63, 3.8) is 0 Å². The number of methoxy groups -OCH3 is 1. The van der Waals surface area contributed by atoms with Crippen LogP contribution in [0.25, 0.3) is 0 Å². The van der Waals surface area contributed by atoms with Gasteiger partial charge in [-0.1, -0.05) is 18.2 Å². The molecule has 3 aromatic carbocycles. The van der Waals surface area contributed by atoms with E-state index in [-0.39, 0.29) is 43.7 Å². The largest absolute Gasteiger partial charge is 0.496 e. The molecule has 40 heavy (non-hydrogen) atoms. The van der Waals surface area contributed by atoms with Gasteiger partial charge in [0.2, 0.25) is 12.7 Å². The highest BCUT2D eigenvalue weighted by molar-refractivity contribution is 6.04. The lowest BCUT2D eigenvalue weighted by molar-refractivity contribution is -0.142. The number of ether oxygens (including phenoxy) is 5. The molecule has 1 saturated heterocycles. The quantitative estimate of drug-likeness (QED) is 0.393. The number of amides is 2. The standard InChI is InChI=1S/C30H30N2O8/c1-36-23-5-3-2-4-18(23)14-31-28(34)13-20-12-22-21-11-19(7-9-24(21)40-29(22)27(15-33)39-20)32-30(35)17-6-8-25-26(10-17)38-16-37-25/h2-11,20,22,27,29,33H,12-16H2,1H3,(H,31,34)(H,32,35)/t20-,22+,27+,29-/m0/s1. The maximum Gasteiger partial charge on any atom is 0.255 e. The molecule has 0 radical (unpaired) electrons. The fourth-order valence-electron chi connectivity index (χ4n) is 5.53. The summed E-state index contributed by atoms with van der Waals surface area (Å²) in [6.07, 6.45) is -0.685. The number of carbonyl (C=O) groups is 2. The van der Waals surface area contributed by atoms with Crippen molar-refractivity contribution in [2.45, 2.75) is 43.6 Å². The molecule has 0 aliphatic carbocycles. The van der Waals surface area contributed by atoms with Gasteiger partial charge in [-0.05, 0) is 48.9 Å². The predicted octanol–water partition coefficient (Wildman–Crippen LogP) is 3.38. The summed E-state index contributed by atoms with van der Waals surface area (Å²) in [4.78, 5) is 25.7. The lowest BCUT2D eigenvalue weighted by Gasteiger charge is -2.37. The zero-order valence-electron chi connectivity index (χ0n) is 21.9. The summed E-state index contributed by atoms with van der Waals surface area (Å²) in [6, 6.07) is 18.0. The smallest absolute Gasteiger partial charge is 0.255 e. The van der Waals surface area contributed by atoms with Gasteiger partial charge in [0, 0.05) is 34.8 Å². The molecular weight excluding hydrogens is 516 g/mol. The van der Waals surface area contributed by atoms with Gasteiger partial charge in [-0.15, -0.1) is 0 Å². The SMILES string of the molecule is COc1ccccc1CNC(=O)C[C@@H]1C[C@@H]2c3cc(NC(=O)c4ccc5c(c4)OCO5)ccc3O[C@@H]2[C@@H](CO)O1. The van der Waals surface area contributed by atoms with E-state index in [4.69, 9.17) is 23.7 Å². The maximum atomic E-state index is 12.9. The number of nitrogens with one attached hydrogen (secondary N) is 2. The molecule has 208 valence electrons. The average molecular weight is 547 g/mol. The van der Waals surface area contributed by atoms with Crippen molar-refractivity contribution in [1.82, 2.24) is 5.32 Å². The number of benzene rings is 3. The van der Waals surface area contributed by atoms with Crippen molar-refractivity contribution in [3.8, 4) is 23.0 Å². The molecule has 10 heteroatoms. The summed E-state index contributed by atoms with van der Waals surface area (Å²) < 4.78 is 28.3. The molecule has 0 spiro atoms. The Balaban J connectivity index is 1.13. The van der Waals surface area contributed by atoms with Crippen LogP contribution in [0.4, 0.5) is 5.69 Å². The predicted molar refractivity (Wildman–Crippen MR) is 144 cm³/mol. The van der Waals surface area contributed by atoms with E-state index in [1.165, 1.54) is 0 Å². The monoisotopic (exact) mass is 546 g/mol. The second kappa shape index (κ2) is 11.1. The Morgan fingerprint density at radius 3 is 2.70 bits per heavy atom. The van der Waals surface area contributed by atoms with Crippen molar-refractivity contribution < 1.29 is 38.4 Å². The first-order valence-corrected chi connectivity index (χ1v) is 13.2. The van der Waals surface area contributed by atoms with Crippen LogP contribution >= 0.6 is 0 Å². The number of anilines is 1. The molecule has 3 aliphatic heterocycles. The highest BCUT2D eigenvalue weighted by Crippen LogP contribution is 2.47. The number of para-hydroxylation sites is 1. The van der Waals surface area contributed by atoms with Crippen molar-refractivity contribution >= 4 is 17.5 Å². The van der Waals surface area contributed by atoms with Gasteiger partial charge in [0.05, 0.1) is 26.2 Å². The molecule has 1 fully saturated rings. The number of fused-ring (bicyclic) bond motifs is 4. The molecule has 3 aromatic rings. The lowest BCUT2D eigenvalue weighted by Crippen LogP contribution is -2.47. The van der Waals surface area contributed by atoms with Crippen molar-refractivity contribution in [2.75, 3.05) is 25.8 Å². The summed E-state index contributed by atoms with van der Waals surface area (Å²) in [6.45, 7) is 0.238. The van der Waals surface area contributed by atoms with Crippen LogP contribution in [0.1, 0.15) is 40.2 Å². The van der Waals surface area contributed by atoms with Crippen LogP contribution in [0, 0.1) is 0 Å². The Hall–Kier alpha value is -4.28. The van der Waals surface area contributed by atoms with Crippen molar-refractivity contribution in [2.24, 2.45) is 0 Å². The molecule has 3 heterocycles. The minimum Gasteiger partial charge on any atom is -0.496 e. The van der Waals surface area contributed by atoms with Gasteiger partial charge >= 0.3 is 0 Å². The van der Waals surface area contributed by atoms with Gasteiger partial charge in [0.1, 0.15) is 23.7 Å². The maximum absolute atomic E-state index is 12.9. The van der Waals surface area contributed by atoms with Crippen LogP contribution in [0.2, 0.25) is 0 Å². The fourth-order valence-corrected chi connectivity index (χ4v) is 5.53. The zero-order valence-corrected chi connectivity index (χ0v) is 21.9. The summed E-state index contributed by atoms with van der Waals surface area (Å²) in [7, 11) is 1.59. The number of rotatable bonds is 8. The average Bonchev–Trinajstić information content (AvgIpc) is 3.60. The third kappa shape index (κ3) is 5.15. The molecule has 3 aliphatic rings. The molecule has 10 nitrogen and oxygen atoms in total.